The zero-order chi connectivity index (χ0) is 23.3. The second-order valence-corrected chi connectivity index (χ2v) is 10.2. The highest BCUT2D eigenvalue weighted by molar-refractivity contribution is 14.1. The molecule has 0 radical (unpaired) electrons. The number of hydrogen-bond donors (Lipinski definition) is 2. The molecule has 3 rings (SSSR count). The van der Waals surface area contributed by atoms with Crippen LogP contribution in [0.25, 0.3) is 11.0 Å². The molecule has 0 aliphatic carbocycles. The van der Waals surface area contributed by atoms with Gasteiger partial charge in [0.05, 0.1) is 14.7 Å². The molecule has 1 aromatic heterocycles. The van der Waals surface area contributed by atoms with Crippen molar-refractivity contribution in [2.24, 2.45) is 0 Å². The summed E-state index contributed by atoms with van der Waals surface area (Å²) in [4.78, 5) is 14.0. The SMILES string of the molecule is CCCCc1oc2ccccc2c1C(=O)c1cc(I)cc(I)c1OC(C)(NCC)NCC. The molecule has 5 nitrogen and oxygen atoms in total. The molecular formula is C25H30I2N2O3. The molecule has 0 aliphatic rings. The number of rotatable bonds is 11. The van der Waals surface area contributed by atoms with Crippen LogP contribution in [0, 0.1) is 7.14 Å². The fourth-order valence-electron chi connectivity index (χ4n) is 3.84. The number of ketones is 1. The Morgan fingerprint density at radius 3 is 2.44 bits per heavy atom. The maximum absolute atomic E-state index is 14.0. The van der Waals surface area contributed by atoms with E-state index in [0.717, 1.165) is 56.2 Å². The van der Waals surface area contributed by atoms with E-state index in [0.29, 0.717) is 16.9 Å². The largest absolute Gasteiger partial charge is 0.460 e. The molecule has 0 saturated carbocycles. The first-order chi connectivity index (χ1) is 15.3. The maximum Gasteiger partial charge on any atom is 0.214 e. The van der Waals surface area contributed by atoms with E-state index >= 15 is 0 Å². The van der Waals surface area contributed by atoms with E-state index in [-0.39, 0.29) is 5.78 Å². The number of para-hydroxylation sites is 1. The monoisotopic (exact) mass is 660 g/mol. The van der Waals surface area contributed by atoms with Gasteiger partial charge in [-0.2, -0.15) is 0 Å². The number of ether oxygens (including phenoxy) is 1. The second kappa shape index (κ2) is 11.3. The minimum Gasteiger partial charge on any atom is -0.460 e. The fourth-order valence-corrected chi connectivity index (χ4v) is 5.79. The third kappa shape index (κ3) is 5.66. The molecule has 0 unspecified atom stereocenters. The lowest BCUT2D eigenvalue weighted by Gasteiger charge is -2.33. The zero-order valence-electron chi connectivity index (χ0n) is 19.0. The molecular weight excluding hydrogens is 630 g/mol. The molecule has 32 heavy (non-hydrogen) atoms. The highest BCUT2D eigenvalue weighted by Crippen LogP contribution is 2.36. The first-order valence-electron chi connectivity index (χ1n) is 11.1. The van der Waals surface area contributed by atoms with Gasteiger partial charge in [0.15, 0.2) is 0 Å². The Morgan fingerprint density at radius 2 is 1.78 bits per heavy atom. The number of hydrogen-bond acceptors (Lipinski definition) is 5. The van der Waals surface area contributed by atoms with Crippen LogP contribution in [0.2, 0.25) is 0 Å². The van der Waals surface area contributed by atoms with Crippen molar-refractivity contribution in [1.82, 2.24) is 10.6 Å². The maximum atomic E-state index is 14.0. The number of fused-ring (bicyclic) bond motifs is 1. The van der Waals surface area contributed by atoms with Crippen molar-refractivity contribution in [2.75, 3.05) is 13.1 Å². The van der Waals surface area contributed by atoms with Crippen LogP contribution < -0.4 is 15.4 Å². The summed E-state index contributed by atoms with van der Waals surface area (Å²) in [7, 11) is 0. The predicted octanol–water partition coefficient (Wildman–Crippen LogP) is 6.49. The molecule has 3 aromatic rings. The summed E-state index contributed by atoms with van der Waals surface area (Å²) in [6.45, 7) is 9.59. The summed E-state index contributed by atoms with van der Waals surface area (Å²) in [5, 5.41) is 7.55. The molecule has 7 heteroatoms. The third-order valence-electron chi connectivity index (χ3n) is 5.24. The van der Waals surface area contributed by atoms with Gasteiger partial charge < -0.3 is 9.15 Å². The van der Waals surface area contributed by atoms with Gasteiger partial charge in [0.1, 0.15) is 17.1 Å². The number of carbonyl (C=O) groups is 1. The van der Waals surface area contributed by atoms with E-state index < -0.39 is 5.85 Å². The Bertz CT molecular complexity index is 1090. The molecule has 2 N–H and O–H groups in total. The first-order valence-corrected chi connectivity index (χ1v) is 13.2. The number of aryl methyl sites for hydroxylation is 1. The predicted molar refractivity (Wildman–Crippen MR) is 147 cm³/mol. The summed E-state index contributed by atoms with van der Waals surface area (Å²) in [5.74, 6) is 0.461. The standard InChI is InChI=1S/C25H30I2N2O3/c1-5-8-12-21-22(17-11-9-10-13-20(17)31-21)23(30)18-14-16(26)15-19(27)24(18)32-25(4,28-6-2)29-7-3/h9-11,13-15,28-29H,5-8,12H2,1-4H3. The van der Waals surface area contributed by atoms with Crippen LogP contribution >= 0.6 is 45.2 Å². The van der Waals surface area contributed by atoms with Gasteiger partial charge in [-0.05, 0) is 82.9 Å². The Morgan fingerprint density at radius 1 is 1.09 bits per heavy atom. The van der Waals surface area contributed by atoms with Crippen LogP contribution in [0.3, 0.4) is 0 Å². The van der Waals surface area contributed by atoms with Crippen LogP contribution in [-0.4, -0.2) is 24.7 Å². The molecule has 2 aromatic carbocycles. The summed E-state index contributed by atoms with van der Waals surface area (Å²) in [6.07, 6.45) is 2.73. The van der Waals surface area contributed by atoms with Crippen molar-refractivity contribution in [2.45, 2.75) is 52.8 Å². The average Bonchev–Trinajstić information content (AvgIpc) is 3.12. The topological polar surface area (TPSA) is 63.5 Å². The molecule has 0 atom stereocenters. The third-order valence-corrected chi connectivity index (χ3v) is 6.66. The molecule has 1 heterocycles. The van der Waals surface area contributed by atoms with Crippen molar-refractivity contribution in [3.8, 4) is 5.75 Å². The Kier molecular flexibility index (Phi) is 8.99. The number of nitrogens with one attached hydrogen (secondary N) is 2. The number of furan rings is 1. The normalized spacial score (nSPS) is 11.8. The summed E-state index contributed by atoms with van der Waals surface area (Å²) in [5.41, 5.74) is 1.94. The minimum atomic E-state index is -0.797. The highest BCUT2D eigenvalue weighted by atomic mass is 127. The molecule has 0 saturated heterocycles. The van der Waals surface area contributed by atoms with Gasteiger partial charge >= 0.3 is 0 Å². The van der Waals surface area contributed by atoms with E-state index in [4.69, 9.17) is 9.15 Å². The van der Waals surface area contributed by atoms with E-state index in [1.54, 1.807) is 0 Å². The number of carbonyl (C=O) groups excluding carboxylic acids is 1. The van der Waals surface area contributed by atoms with Gasteiger partial charge in [0.2, 0.25) is 11.6 Å². The smallest absolute Gasteiger partial charge is 0.214 e. The Labute approximate surface area is 217 Å². The van der Waals surface area contributed by atoms with Crippen molar-refractivity contribution >= 4 is 61.9 Å². The lowest BCUT2D eigenvalue weighted by Crippen LogP contribution is -2.59. The van der Waals surface area contributed by atoms with Crippen LogP contribution in [-0.2, 0) is 6.42 Å². The lowest BCUT2D eigenvalue weighted by atomic mass is 9.97. The molecule has 0 fully saturated rings. The van der Waals surface area contributed by atoms with Crippen LogP contribution in [0.4, 0.5) is 0 Å². The molecule has 0 bridgehead atoms. The van der Waals surface area contributed by atoms with Gasteiger partial charge in [-0.1, -0.05) is 45.4 Å². The zero-order valence-corrected chi connectivity index (χ0v) is 23.3. The molecule has 172 valence electrons. The van der Waals surface area contributed by atoms with E-state index in [1.807, 2.05) is 57.2 Å². The van der Waals surface area contributed by atoms with Gasteiger partial charge in [-0.25, -0.2) is 0 Å². The summed E-state index contributed by atoms with van der Waals surface area (Å²) >= 11 is 4.50. The van der Waals surface area contributed by atoms with E-state index in [2.05, 4.69) is 62.7 Å². The van der Waals surface area contributed by atoms with Gasteiger partial charge in [0.25, 0.3) is 0 Å². The number of halogens is 2. The van der Waals surface area contributed by atoms with Crippen molar-refractivity contribution in [3.05, 3.63) is 60.4 Å². The van der Waals surface area contributed by atoms with E-state index in [9.17, 15) is 4.79 Å². The molecule has 0 spiro atoms. The van der Waals surface area contributed by atoms with Crippen molar-refractivity contribution < 1.29 is 13.9 Å². The van der Waals surface area contributed by atoms with Gasteiger partial charge in [-0.3, -0.25) is 15.4 Å². The van der Waals surface area contributed by atoms with Gasteiger partial charge in [0, 0.05) is 22.3 Å². The lowest BCUT2D eigenvalue weighted by molar-refractivity contribution is 0.0189. The summed E-state index contributed by atoms with van der Waals surface area (Å²) < 4.78 is 14.5. The van der Waals surface area contributed by atoms with Crippen molar-refractivity contribution in [3.63, 3.8) is 0 Å². The first kappa shape index (κ1) is 25.5. The minimum absolute atomic E-state index is 0.0668. The molecule has 0 amide bonds. The van der Waals surface area contributed by atoms with Crippen molar-refractivity contribution in [1.29, 1.82) is 0 Å². The Balaban J connectivity index is 2.15. The quantitative estimate of drug-likeness (QED) is 0.140. The number of benzene rings is 2. The Hall–Kier alpha value is -1.17. The molecule has 0 aliphatic heterocycles. The van der Waals surface area contributed by atoms with E-state index in [1.165, 1.54) is 0 Å². The van der Waals surface area contributed by atoms with Crippen LogP contribution in [0.1, 0.15) is 62.2 Å². The second-order valence-electron chi connectivity index (χ2n) is 7.79. The number of unbranched alkanes of at least 4 members (excludes halogenated alkanes) is 1. The highest BCUT2D eigenvalue weighted by Gasteiger charge is 2.30. The fraction of sp³-hybridized carbons (Fsp3) is 0.400. The van der Waals surface area contributed by atoms with Gasteiger partial charge in [-0.15, -0.1) is 0 Å². The average molecular weight is 660 g/mol. The van der Waals surface area contributed by atoms with Crippen LogP contribution in [0.5, 0.6) is 5.75 Å². The summed E-state index contributed by atoms with van der Waals surface area (Å²) in [6, 6.07) is 11.7. The van der Waals surface area contributed by atoms with Crippen LogP contribution in [0.15, 0.2) is 40.8 Å².